The van der Waals surface area contributed by atoms with Gasteiger partial charge in [0.15, 0.2) is 0 Å². The minimum Gasteiger partial charge on any atom is -0.397 e. The van der Waals surface area contributed by atoms with Crippen LogP contribution in [0.15, 0.2) is 12.3 Å². The van der Waals surface area contributed by atoms with Crippen molar-refractivity contribution >= 4 is 11.6 Å². The van der Waals surface area contributed by atoms with Crippen LogP contribution in [0.5, 0.6) is 0 Å². The average molecular weight is 195 g/mol. The van der Waals surface area contributed by atoms with E-state index >= 15 is 0 Å². The van der Waals surface area contributed by atoms with Gasteiger partial charge in [0.05, 0.1) is 5.69 Å². The zero-order valence-electron chi connectivity index (χ0n) is 8.87. The molecule has 0 aliphatic rings. The van der Waals surface area contributed by atoms with E-state index in [2.05, 4.69) is 5.32 Å². The zero-order chi connectivity index (χ0) is 10.7. The number of carbonyl (C=O) groups excluding carboxylic acids is 1. The Bertz CT molecular complexity index is 330. The highest BCUT2D eigenvalue weighted by atomic mass is 16.2. The summed E-state index contributed by atoms with van der Waals surface area (Å²) in [6.07, 6.45) is 2.65. The van der Waals surface area contributed by atoms with E-state index in [1.807, 2.05) is 20.9 Å². The molecule has 3 N–H and O–H groups in total. The maximum atomic E-state index is 11.7. The van der Waals surface area contributed by atoms with Gasteiger partial charge in [-0.25, -0.2) is 0 Å². The predicted molar refractivity (Wildman–Crippen MR) is 57.0 cm³/mol. The number of hydrogen-bond acceptors (Lipinski definition) is 2. The Balaban J connectivity index is 2.74. The van der Waals surface area contributed by atoms with Gasteiger partial charge in [-0.1, -0.05) is 6.92 Å². The highest BCUT2D eigenvalue weighted by molar-refractivity contribution is 5.93. The van der Waals surface area contributed by atoms with Gasteiger partial charge in [-0.2, -0.15) is 0 Å². The predicted octanol–water partition coefficient (Wildman–Crippen LogP) is 1.14. The molecule has 1 aromatic rings. The first-order chi connectivity index (χ1) is 6.54. The van der Waals surface area contributed by atoms with Crippen molar-refractivity contribution in [3.05, 3.63) is 18.0 Å². The summed E-state index contributed by atoms with van der Waals surface area (Å²) in [6, 6.07) is 1.87. The van der Waals surface area contributed by atoms with Crippen LogP contribution in [0, 0.1) is 0 Å². The smallest absolute Gasteiger partial charge is 0.268 e. The molecule has 0 saturated carbocycles. The third-order valence-corrected chi connectivity index (χ3v) is 2.25. The SMILES string of the molecule is CCC(C)NC(=O)c1cc(N)cn1C. The highest BCUT2D eigenvalue weighted by Crippen LogP contribution is 2.08. The lowest BCUT2D eigenvalue weighted by Gasteiger charge is -2.11. The Kier molecular flexibility index (Phi) is 3.17. The van der Waals surface area contributed by atoms with Crippen LogP contribution >= 0.6 is 0 Å². The van der Waals surface area contributed by atoms with Gasteiger partial charge < -0.3 is 15.6 Å². The molecule has 4 nitrogen and oxygen atoms in total. The molecule has 1 amide bonds. The number of anilines is 1. The summed E-state index contributed by atoms with van der Waals surface area (Å²) in [5.41, 5.74) is 6.79. The van der Waals surface area contributed by atoms with Crippen molar-refractivity contribution in [2.24, 2.45) is 7.05 Å². The number of amides is 1. The Labute approximate surface area is 84.1 Å². The quantitative estimate of drug-likeness (QED) is 0.759. The zero-order valence-corrected chi connectivity index (χ0v) is 8.87. The summed E-state index contributed by atoms with van der Waals surface area (Å²) in [7, 11) is 1.81. The molecule has 78 valence electrons. The summed E-state index contributed by atoms with van der Waals surface area (Å²) in [4.78, 5) is 11.7. The van der Waals surface area contributed by atoms with Gasteiger partial charge in [0.2, 0.25) is 0 Å². The topological polar surface area (TPSA) is 60.1 Å². The van der Waals surface area contributed by atoms with Crippen molar-refractivity contribution < 1.29 is 4.79 Å². The Morgan fingerprint density at radius 3 is 2.79 bits per heavy atom. The van der Waals surface area contributed by atoms with Gasteiger partial charge in [0, 0.05) is 19.3 Å². The second-order valence-corrected chi connectivity index (χ2v) is 3.55. The molecule has 0 spiro atoms. The van der Waals surface area contributed by atoms with Crippen LogP contribution in [0.3, 0.4) is 0 Å². The lowest BCUT2D eigenvalue weighted by atomic mass is 10.2. The standard InChI is InChI=1S/C10H17N3O/c1-4-7(2)12-10(14)9-5-8(11)6-13(9)3/h5-7H,4,11H2,1-3H3,(H,12,14). The second kappa shape index (κ2) is 4.17. The van der Waals surface area contributed by atoms with Gasteiger partial charge in [-0.3, -0.25) is 4.79 Å². The minimum atomic E-state index is -0.0708. The number of aryl methyl sites for hydroxylation is 1. The second-order valence-electron chi connectivity index (χ2n) is 3.55. The average Bonchev–Trinajstić information content (AvgIpc) is 2.45. The molecule has 1 atom stereocenters. The van der Waals surface area contributed by atoms with Crippen LogP contribution in [0.25, 0.3) is 0 Å². The molecule has 4 heteroatoms. The number of hydrogen-bond donors (Lipinski definition) is 2. The van der Waals surface area contributed by atoms with E-state index in [0.29, 0.717) is 11.4 Å². The molecule has 0 aromatic carbocycles. The van der Waals surface area contributed by atoms with Crippen molar-refractivity contribution in [1.29, 1.82) is 0 Å². The molecule has 1 rings (SSSR count). The molecule has 0 fully saturated rings. The van der Waals surface area contributed by atoms with Crippen molar-refractivity contribution in [3.63, 3.8) is 0 Å². The summed E-state index contributed by atoms with van der Waals surface area (Å²) >= 11 is 0. The van der Waals surface area contributed by atoms with E-state index in [0.717, 1.165) is 6.42 Å². The molecule has 0 saturated heterocycles. The molecule has 1 aromatic heterocycles. The molecular weight excluding hydrogens is 178 g/mol. The molecule has 0 aliphatic heterocycles. The first-order valence-corrected chi connectivity index (χ1v) is 4.77. The van der Waals surface area contributed by atoms with E-state index in [-0.39, 0.29) is 11.9 Å². The lowest BCUT2D eigenvalue weighted by Crippen LogP contribution is -2.33. The fraction of sp³-hybridized carbons (Fsp3) is 0.500. The first kappa shape index (κ1) is 10.6. The fourth-order valence-corrected chi connectivity index (χ4v) is 1.22. The molecular formula is C10H17N3O. The van der Waals surface area contributed by atoms with Crippen LogP contribution in [0.2, 0.25) is 0 Å². The fourth-order valence-electron chi connectivity index (χ4n) is 1.22. The number of nitrogen functional groups attached to an aromatic ring is 1. The molecule has 0 bridgehead atoms. The summed E-state index contributed by atoms with van der Waals surface area (Å²) in [5.74, 6) is -0.0708. The lowest BCUT2D eigenvalue weighted by molar-refractivity contribution is 0.0931. The molecule has 1 unspecified atom stereocenters. The Hall–Kier alpha value is -1.45. The highest BCUT2D eigenvalue weighted by Gasteiger charge is 2.12. The third-order valence-electron chi connectivity index (χ3n) is 2.25. The van der Waals surface area contributed by atoms with Crippen molar-refractivity contribution in [2.45, 2.75) is 26.3 Å². The first-order valence-electron chi connectivity index (χ1n) is 4.77. The number of rotatable bonds is 3. The Morgan fingerprint density at radius 2 is 2.36 bits per heavy atom. The monoisotopic (exact) mass is 195 g/mol. The van der Waals surface area contributed by atoms with E-state index < -0.39 is 0 Å². The van der Waals surface area contributed by atoms with Crippen molar-refractivity contribution in [2.75, 3.05) is 5.73 Å². The molecule has 0 radical (unpaired) electrons. The van der Waals surface area contributed by atoms with E-state index in [4.69, 9.17) is 5.73 Å². The van der Waals surface area contributed by atoms with Gasteiger partial charge in [-0.15, -0.1) is 0 Å². The minimum absolute atomic E-state index is 0.0708. The van der Waals surface area contributed by atoms with Crippen molar-refractivity contribution in [1.82, 2.24) is 9.88 Å². The number of carbonyl (C=O) groups is 1. The maximum absolute atomic E-state index is 11.7. The van der Waals surface area contributed by atoms with Crippen molar-refractivity contribution in [3.8, 4) is 0 Å². The molecule has 14 heavy (non-hydrogen) atoms. The summed E-state index contributed by atoms with van der Waals surface area (Å²) in [5, 5.41) is 2.88. The number of nitrogens with two attached hydrogens (primary N) is 1. The Morgan fingerprint density at radius 1 is 1.71 bits per heavy atom. The largest absolute Gasteiger partial charge is 0.397 e. The van der Waals surface area contributed by atoms with Crippen LogP contribution in [0.1, 0.15) is 30.8 Å². The number of aromatic nitrogens is 1. The van der Waals surface area contributed by atoms with E-state index in [9.17, 15) is 4.79 Å². The number of nitrogens with zero attached hydrogens (tertiary/aromatic N) is 1. The van der Waals surface area contributed by atoms with E-state index in [1.165, 1.54) is 0 Å². The van der Waals surface area contributed by atoms with Crippen LogP contribution in [-0.4, -0.2) is 16.5 Å². The van der Waals surface area contributed by atoms with Crippen LogP contribution in [-0.2, 0) is 7.05 Å². The van der Waals surface area contributed by atoms with Crippen LogP contribution in [0.4, 0.5) is 5.69 Å². The summed E-state index contributed by atoms with van der Waals surface area (Å²) < 4.78 is 1.73. The molecule has 1 heterocycles. The normalized spacial score (nSPS) is 12.5. The van der Waals surface area contributed by atoms with Gasteiger partial charge >= 0.3 is 0 Å². The van der Waals surface area contributed by atoms with Gasteiger partial charge in [0.1, 0.15) is 5.69 Å². The summed E-state index contributed by atoms with van der Waals surface area (Å²) in [6.45, 7) is 4.01. The van der Waals surface area contributed by atoms with Gasteiger partial charge in [0.25, 0.3) is 5.91 Å². The maximum Gasteiger partial charge on any atom is 0.268 e. The third kappa shape index (κ3) is 2.28. The van der Waals surface area contributed by atoms with Crippen LogP contribution < -0.4 is 11.1 Å². The number of nitrogens with one attached hydrogen (secondary N) is 1. The van der Waals surface area contributed by atoms with E-state index in [1.54, 1.807) is 16.8 Å². The van der Waals surface area contributed by atoms with Gasteiger partial charge in [-0.05, 0) is 19.4 Å². The molecule has 0 aliphatic carbocycles.